The molecule has 0 N–H and O–H groups in total. The summed E-state index contributed by atoms with van der Waals surface area (Å²) in [6.45, 7) is 0. The highest BCUT2D eigenvalue weighted by Crippen LogP contribution is 2.43. The smallest absolute Gasteiger partial charge is 0.148 e. The van der Waals surface area contributed by atoms with Gasteiger partial charge >= 0.3 is 0 Å². The average molecular weight is 547 g/mol. The molecular formula is C36H26N4S. The number of hydrogen-bond donors (Lipinski definition) is 0. The van der Waals surface area contributed by atoms with Crippen molar-refractivity contribution in [1.29, 1.82) is 0 Å². The second kappa shape index (κ2) is 8.88. The molecule has 4 heterocycles. The van der Waals surface area contributed by atoms with Crippen LogP contribution in [0.4, 0.5) is 5.69 Å². The molecule has 5 heteroatoms. The third-order valence-corrected chi connectivity index (χ3v) is 9.73. The summed E-state index contributed by atoms with van der Waals surface area (Å²) in [4.78, 5) is 13.7. The highest BCUT2D eigenvalue weighted by molar-refractivity contribution is 7.25. The van der Waals surface area contributed by atoms with Gasteiger partial charge in [0.05, 0.1) is 22.8 Å². The quantitative estimate of drug-likeness (QED) is 0.221. The first-order chi connectivity index (χ1) is 20.3. The van der Waals surface area contributed by atoms with Gasteiger partial charge in [-0.2, -0.15) is 0 Å². The van der Waals surface area contributed by atoms with Crippen molar-refractivity contribution >= 4 is 64.8 Å². The van der Waals surface area contributed by atoms with E-state index < -0.39 is 0 Å². The lowest BCUT2D eigenvalue weighted by Crippen LogP contribution is -2.37. The molecule has 0 bridgehead atoms. The van der Waals surface area contributed by atoms with E-state index in [-0.39, 0.29) is 6.17 Å². The Labute approximate surface area is 241 Å². The Morgan fingerprint density at radius 1 is 0.732 bits per heavy atom. The minimum atomic E-state index is -0.0130. The monoisotopic (exact) mass is 546 g/mol. The number of allylic oxidation sites excluding steroid dienone is 1. The topological polar surface area (TPSA) is 33.4 Å². The van der Waals surface area contributed by atoms with E-state index in [1.54, 1.807) is 11.3 Å². The van der Waals surface area contributed by atoms with Gasteiger partial charge in [-0.15, -0.1) is 11.3 Å². The molecule has 0 saturated carbocycles. The van der Waals surface area contributed by atoms with Gasteiger partial charge in [0.2, 0.25) is 0 Å². The van der Waals surface area contributed by atoms with Crippen LogP contribution in [0.15, 0.2) is 126 Å². The van der Waals surface area contributed by atoms with Crippen LogP contribution in [0, 0.1) is 0 Å². The van der Waals surface area contributed by atoms with Crippen LogP contribution < -0.4 is 4.90 Å². The fraction of sp³-hybridized carbons (Fsp3) is 0.111. The zero-order valence-corrected chi connectivity index (χ0v) is 23.1. The fourth-order valence-electron chi connectivity index (χ4n) is 6.84. The van der Waals surface area contributed by atoms with Gasteiger partial charge in [-0.3, -0.25) is 4.99 Å². The predicted molar refractivity (Wildman–Crippen MR) is 173 cm³/mol. The first-order valence-corrected chi connectivity index (χ1v) is 15.0. The van der Waals surface area contributed by atoms with Crippen molar-refractivity contribution in [1.82, 2.24) is 9.55 Å². The molecule has 4 nitrogen and oxygen atoms in total. The Bertz CT molecular complexity index is 2170. The molecule has 3 aromatic heterocycles. The van der Waals surface area contributed by atoms with Crippen molar-refractivity contribution in [2.75, 3.05) is 4.90 Å². The van der Waals surface area contributed by atoms with Crippen LogP contribution in [0.25, 0.3) is 47.8 Å². The first-order valence-electron chi connectivity index (χ1n) is 14.2. The van der Waals surface area contributed by atoms with E-state index in [9.17, 15) is 0 Å². The summed E-state index contributed by atoms with van der Waals surface area (Å²) < 4.78 is 3.70. The van der Waals surface area contributed by atoms with Crippen LogP contribution in [-0.4, -0.2) is 21.3 Å². The third-order valence-electron chi connectivity index (χ3n) is 8.65. The van der Waals surface area contributed by atoms with Crippen LogP contribution in [0.1, 0.15) is 24.6 Å². The Kier molecular flexibility index (Phi) is 4.99. The van der Waals surface area contributed by atoms with Crippen molar-refractivity contribution in [3.63, 3.8) is 0 Å². The van der Waals surface area contributed by atoms with E-state index in [2.05, 4.69) is 131 Å². The van der Waals surface area contributed by atoms with E-state index in [1.165, 1.54) is 54.2 Å². The van der Waals surface area contributed by atoms with Crippen molar-refractivity contribution in [2.45, 2.75) is 25.0 Å². The maximum Gasteiger partial charge on any atom is 0.148 e. The maximum atomic E-state index is 5.19. The number of aromatic nitrogens is 2. The zero-order valence-electron chi connectivity index (χ0n) is 22.3. The Morgan fingerprint density at radius 2 is 1.49 bits per heavy atom. The molecule has 41 heavy (non-hydrogen) atoms. The molecule has 2 unspecified atom stereocenters. The van der Waals surface area contributed by atoms with Gasteiger partial charge in [0.1, 0.15) is 11.0 Å². The normalized spacial score (nSPS) is 18.5. The molecule has 0 spiro atoms. The Balaban J connectivity index is 1.24. The lowest BCUT2D eigenvalue weighted by molar-refractivity contribution is 0.621. The molecule has 7 aromatic rings. The second-order valence-electron chi connectivity index (χ2n) is 10.9. The molecule has 0 fully saturated rings. The Hall–Kier alpha value is -4.74. The molecule has 0 saturated heterocycles. The second-order valence-corrected chi connectivity index (χ2v) is 11.9. The molecule has 1 aliphatic carbocycles. The molecule has 2 aliphatic rings. The number of pyridine rings is 1. The highest BCUT2D eigenvalue weighted by Gasteiger charge is 2.37. The minimum Gasteiger partial charge on any atom is -0.337 e. The summed E-state index contributed by atoms with van der Waals surface area (Å²) in [5, 5.41) is 4.92. The zero-order chi connectivity index (χ0) is 26.9. The van der Waals surface area contributed by atoms with Crippen LogP contribution in [-0.2, 0) is 0 Å². The molecule has 0 radical (unpaired) electrons. The van der Waals surface area contributed by atoms with Crippen molar-refractivity contribution in [3.8, 4) is 5.69 Å². The summed E-state index contributed by atoms with van der Waals surface area (Å²) in [5.41, 5.74) is 7.21. The lowest BCUT2D eigenvalue weighted by atomic mass is 9.98. The largest absolute Gasteiger partial charge is 0.337 e. The highest BCUT2D eigenvalue weighted by atomic mass is 32.1. The van der Waals surface area contributed by atoms with E-state index in [4.69, 9.17) is 9.98 Å². The van der Waals surface area contributed by atoms with Gasteiger partial charge in [0.15, 0.2) is 0 Å². The standard InChI is InChI=1S/C36H26N4S/c1-2-10-23(11-3-1)35-38-29-14-6-8-16-31(29)40(35)25-20-18-24(19-21-25)39-30-15-7-4-12-26(30)28-22-37-36-33(34(28)39)27-13-5-9-17-32(27)41-36/h1-7,9-15,17-22,31,35H,8,16H2. The number of thiophene rings is 1. The van der Waals surface area contributed by atoms with Gasteiger partial charge in [-0.25, -0.2) is 4.98 Å². The molecule has 2 atom stereocenters. The molecule has 9 rings (SSSR count). The maximum absolute atomic E-state index is 5.19. The van der Waals surface area contributed by atoms with Crippen LogP contribution in [0.3, 0.4) is 0 Å². The molecule has 0 amide bonds. The number of aliphatic imine (C=N–C) groups is 1. The summed E-state index contributed by atoms with van der Waals surface area (Å²) in [7, 11) is 0. The third kappa shape index (κ3) is 3.39. The number of benzene rings is 4. The average Bonchev–Trinajstić information content (AvgIpc) is 3.71. The molecular weight excluding hydrogens is 520 g/mol. The van der Waals surface area contributed by atoms with Crippen LogP contribution >= 0.6 is 11.3 Å². The Morgan fingerprint density at radius 3 is 2.37 bits per heavy atom. The van der Waals surface area contributed by atoms with Crippen molar-refractivity contribution < 1.29 is 0 Å². The van der Waals surface area contributed by atoms with Crippen molar-refractivity contribution in [2.24, 2.45) is 4.99 Å². The SMILES string of the molecule is C1=CC2=NC(c3ccccc3)N(c3ccc(-n4c5ccccc5c5cnc6sc7ccccc7c6c54)cc3)C2CC1. The summed E-state index contributed by atoms with van der Waals surface area (Å²) in [6, 6.07) is 37.5. The lowest BCUT2D eigenvalue weighted by Gasteiger charge is -2.33. The van der Waals surface area contributed by atoms with Gasteiger partial charge in [0, 0.05) is 43.8 Å². The first kappa shape index (κ1) is 23.0. The van der Waals surface area contributed by atoms with Crippen LogP contribution in [0.5, 0.6) is 0 Å². The van der Waals surface area contributed by atoms with Gasteiger partial charge in [0.25, 0.3) is 0 Å². The van der Waals surface area contributed by atoms with E-state index in [1.807, 2.05) is 0 Å². The van der Waals surface area contributed by atoms with E-state index in [0.717, 1.165) is 23.4 Å². The predicted octanol–water partition coefficient (Wildman–Crippen LogP) is 9.22. The van der Waals surface area contributed by atoms with Gasteiger partial charge in [-0.05, 0) is 60.9 Å². The summed E-state index contributed by atoms with van der Waals surface area (Å²) in [6.07, 6.45) is 8.70. The van der Waals surface area contributed by atoms with Gasteiger partial charge < -0.3 is 9.47 Å². The fourth-order valence-corrected chi connectivity index (χ4v) is 7.89. The van der Waals surface area contributed by atoms with E-state index >= 15 is 0 Å². The number of para-hydroxylation sites is 1. The minimum absolute atomic E-state index is 0.0130. The summed E-state index contributed by atoms with van der Waals surface area (Å²) >= 11 is 1.77. The number of hydrogen-bond acceptors (Lipinski definition) is 4. The number of fused-ring (bicyclic) bond motifs is 8. The van der Waals surface area contributed by atoms with Crippen LogP contribution in [0.2, 0.25) is 0 Å². The van der Waals surface area contributed by atoms with E-state index in [0.29, 0.717) is 6.04 Å². The molecule has 4 aromatic carbocycles. The molecule has 196 valence electrons. The van der Waals surface area contributed by atoms with Crippen molar-refractivity contribution in [3.05, 3.63) is 127 Å². The summed E-state index contributed by atoms with van der Waals surface area (Å²) in [5.74, 6) is 0. The molecule has 1 aliphatic heterocycles. The van der Waals surface area contributed by atoms with Gasteiger partial charge in [-0.1, -0.05) is 72.8 Å². The number of rotatable bonds is 3. The number of anilines is 1. The number of nitrogens with zero attached hydrogens (tertiary/aromatic N) is 4.